The van der Waals surface area contributed by atoms with Crippen LogP contribution in [-0.2, 0) is 13.2 Å². The number of aromatic nitrogens is 2. The topological polar surface area (TPSA) is 69.3 Å². The minimum absolute atomic E-state index is 0.139. The number of halogens is 3. The second-order valence-electron chi connectivity index (χ2n) is 7.00. The van der Waals surface area contributed by atoms with Gasteiger partial charge in [0.2, 0.25) is 0 Å². The van der Waals surface area contributed by atoms with E-state index in [0.29, 0.717) is 33.9 Å². The molecule has 0 saturated heterocycles. The third-order valence-corrected chi connectivity index (χ3v) is 5.81. The van der Waals surface area contributed by atoms with Gasteiger partial charge in [-0.3, -0.25) is 9.48 Å². The summed E-state index contributed by atoms with van der Waals surface area (Å²) in [5.74, 6) is 1.20. The van der Waals surface area contributed by atoms with Crippen LogP contribution in [0.3, 0.4) is 0 Å². The monoisotopic (exact) mass is 533 g/mol. The van der Waals surface area contributed by atoms with Crippen molar-refractivity contribution in [3.63, 3.8) is 0 Å². The number of hydrogen-bond donors (Lipinski definition) is 1. The third kappa shape index (κ3) is 5.35. The Labute approximate surface area is 203 Å². The van der Waals surface area contributed by atoms with E-state index in [1.807, 2.05) is 37.3 Å². The molecule has 164 valence electrons. The summed E-state index contributed by atoms with van der Waals surface area (Å²) in [6, 6.07) is 18.0. The maximum absolute atomic E-state index is 12.6. The van der Waals surface area contributed by atoms with Crippen molar-refractivity contribution in [2.45, 2.75) is 20.1 Å². The van der Waals surface area contributed by atoms with Crippen molar-refractivity contribution >= 4 is 50.9 Å². The zero-order valence-corrected chi connectivity index (χ0v) is 20.0. The van der Waals surface area contributed by atoms with Gasteiger partial charge >= 0.3 is 0 Å². The van der Waals surface area contributed by atoms with E-state index in [1.165, 1.54) is 0 Å². The summed E-state index contributed by atoms with van der Waals surface area (Å²) < 4.78 is 13.9. The van der Waals surface area contributed by atoms with Gasteiger partial charge in [-0.05, 0) is 48.9 Å². The van der Waals surface area contributed by atoms with Gasteiger partial charge in [-0.2, -0.15) is 5.10 Å². The van der Waals surface area contributed by atoms with E-state index in [-0.39, 0.29) is 12.4 Å². The number of amides is 1. The summed E-state index contributed by atoms with van der Waals surface area (Å²) in [5, 5.41) is 8.36. The average Bonchev–Trinajstić information content (AvgIpc) is 3.36. The van der Waals surface area contributed by atoms with Crippen LogP contribution in [0, 0.1) is 6.92 Å². The number of carbonyl (C=O) groups is 1. The molecular weight excluding hydrogens is 517 g/mol. The third-order valence-electron chi connectivity index (χ3n) is 4.65. The second-order valence-corrected chi connectivity index (χ2v) is 8.73. The van der Waals surface area contributed by atoms with Crippen LogP contribution in [0.15, 0.2) is 69.6 Å². The summed E-state index contributed by atoms with van der Waals surface area (Å²) in [4.78, 5) is 12.6. The van der Waals surface area contributed by atoms with Gasteiger partial charge in [0, 0.05) is 21.3 Å². The van der Waals surface area contributed by atoms with Crippen molar-refractivity contribution in [2.75, 3.05) is 5.32 Å². The second kappa shape index (κ2) is 9.81. The highest BCUT2D eigenvalue weighted by atomic mass is 79.9. The number of hydrogen-bond acceptors (Lipinski definition) is 4. The first-order chi connectivity index (χ1) is 15.4. The lowest BCUT2D eigenvalue weighted by Gasteiger charge is -2.06. The predicted molar refractivity (Wildman–Crippen MR) is 128 cm³/mol. The van der Waals surface area contributed by atoms with Gasteiger partial charge in [-0.25, -0.2) is 0 Å². The Balaban J connectivity index is 1.38. The predicted octanol–water partition coefficient (Wildman–Crippen LogP) is 6.73. The normalized spacial score (nSPS) is 10.9. The van der Waals surface area contributed by atoms with Crippen LogP contribution in [0.4, 0.5) is 5.82 Å². The number of aryl methyl sites for hydroxylation is 1. The van der Waals surface area contributed by atoms with E-state index in [2.05, 4.69) is 26.3 Å². The highest BCUT2D eigenvalue weighted by Gasteiger charge is 2.15. The number of carbonyl (C=O) groups excluding carboxylic acids is 1. The number of ether oxygens (including phenoxy) is 1. The van der Waals surface area contributed by atoms with E-state index >= 15 is 0 Å². The van der Waals surface area contributed by atoms with Crippen LogP contribution in [0.5, 0.6) is 5.75 Å². The smallest absolute Gasteiger partial charge is 0.292 e. The van der Waals surface area contributed by atoms with Gasteiger partial charge in [0.15, 0.2) is 11.6 Å². The fourth-order valence-corrected chi connectivity index (χ4v) is 3.94. The Morgan fingerprint density at radius 1 is 1.12 bits per heavy atom. The van der Waals surface area contributed by atoms with Crippen molar-refractivity contribution in [3.8, 4) is 5.75 Å². The first-order valence-electron chi connectivity index (χ1n) is 9.65. The van der Waals surface area contributed by atoms with Crippen LogP contribution in [-0.4, -0.2) is 15.7 Å². The summed E-state index contributed by atoms with van der Waals surface area (Å²) in [5.41, 5.74) is 1.83. The van der Waals surface area contributed by atoms with Crippen LogP contribution in [0.25, 0.3) is 0 Å². The molecule has 32 heavy (non-hydrogen) atoms. The lowest BCUT2D eigenvalue weighted by molar-refractivity contribution is 0.0992. The molecule has 0 fully saturated rings. The molecule has 0 atom stereocenters. The molecule has 0 spiro atoms. The number of rotatable bonds is 7. The largest absolute Gasteiger partial charge is 0.484 e. The first kappa shape index (κ1) is 22.5. The Kier molecular flexibility index (Phi) is 6.89. The molecule has 9 heteroatoms. The van der Waals surface area contributed by atoms with Crippen LogP contribution >= 0.6 is 39.1 Å². The molecule has 0 bridgehead atoms. The number of benzene rings is 2. The Hall–Kier alpha value is -2.74. The molecule has 0 aliphatic carbocycles. The van der Waals surface area contributed by atoms with E-state index in [9.17, 15) is 4.79 Å². The number of furan rings is 1. The fourth-order valence-electron chi connectivity index (χ4n) is 3.02. The van der Waals surface area contributed by atoms with Gasteiger partial charge in [0.05, 0.1) is 11.6 Å². The minimum atomic E-state index is -0.402. The molecule has 2 aromatic heterocycles. The van der Waals surface area contributed by atoms with Crippen molar-refractivity contribution in [1.82, 2.24) is 9.78 Å². The molecule has 0 aliphatic heterocycles. The quantitative estimate of drug-likeness (QED) is 0.285. The molecule has 1 N–H and O–H groups in total. The standard InChI is InChI=1S/C23H18BrCl2N3O3/c1-14-10-22(28-29(14)12-15-4-2-3-5-18(15)25)27-23(30)21-9-7-17(32-21)13-31-20-8-6-16(24)11-19(20)26/h2-11H,12-13H2,1H3,(H,27,28,30). The molecule has 2 aromatic carbocycles. The fraction of sp³-hybridized carbons (Fsp3) is 0.130. The molecule has 0 saturated carbocycles. The molecule has 1 amide bonds. The minimum Gasteiger partial charge on any atom is -0.484 e. The summed E-state index contributed by atoms with van der Waals surface area (Å²) in [6.45, 7) is 2.55. The average molecular weight is 535 g/mol. The number of anilines is 1. The van der Waals surface area contributed by atoms with Gasteiger partial charge in [0.25, 0.3) is 5.91 Å². The summed E-state index contributed by atoms with van der Waals surface area (Å²) in [7, 11) is 0. The molecule has 2 heterocycles. The SMILES string of the molecule is Cc1cc(NC(=O)c2ccc(COc3ccc(Br)cc3Cl)o2)nn1Cc1ccccc1Cl. The molecule has 0 radical (unpaired) electrons. The number of nitrogens with one attached hydrogen (secondary N) is 1. The van der Waals surface area contributed by atoms with E-state index in [1.54, 1.807) is 35.0 Å². The van der Waals surface area contributed by atoms with Crippen LogP contribution in [0.2, 0.25) is 10.0 Å². The van der Waals surface area contributed by atoms with Crippen molar-refractivity contribution < 1.29 is 13.9 Å². The van der Waals surface area contributed by atoms with Crippen molar-refractivity contribution in [1.29, 1.82) is 0 Å². The highest BCUT2D eigenvalue weighted by molar-refractivity contribution is 9.10. The molecule has 0 unspecified atom stereocenters. The van der Waals surface area contributed by atoms with Crippen LogP contribution in [0.1, 0.15) is 27.6 Å². The van der Waals surface area contributed by atoms with Gasteiger partial charge in [0.1, 0.15) is 18.1 Å². The lowest BCUT2D eigenvalue weighted by atomic mass is 10.2. The zero-order valence-electron chi connectivity index (χ0n) is 16.9. The molecule has 4 rings (SSSR count). The Morgan fingerprint density at radius 2 is 1.94 bits per heavy atom. The highest BCUT2D eigenvalue weighted by Crippen LogP contribution is 2.28. The molecule has 6 nitrogen and oxygen atoms in total. The molecule has 0 aliphatic rings. The van der Waals surface area contributed by atoms with E-state index < -0.39 is 5.91 Å². The van der Waals surface area contributed by atoms with Gasteiger partial charge in [-0.15, -0.1) is 0 Å². The van der Waals surface area contributed by atoms with Gasteiger partial charge in [-0.1, -0.05) is 57.3 Å². The van der Waals surface area contributed by atoms with E-state index in [4.69, 9.17) is 32.4 Å². The Bertz CT molecular complexity index is 1270. The molecule has 4 aromatic rings. The van der Waals surface area contributed by atoms with Crippen molar-refractivity contribution in [2.24, 2.45) is 0 Å². The number of nitrogens with zero attached hydrogens (tertiary/aromatic N) is 2. The van der Waals surface area contributed by atoms with Crippen LogP contribution < -0.4 is 10.1 Å². The van der Waals surface area contributed by atoms with Gasteiger partial charge < -0.3 is 14.5 Å². The molecular formula is C23H18BrCl2N3O3. The zero-order chi connectivity index (χ0) is 22.7. The first-order valence-corrected chi connectivity index (χ1v) is 11.2. The van der Waals surface area contributed by atoms with Crippen molar-refractivity contribution in [3.05, 3.63) is 98.0 Å². The Morgan fingerprint density at radius 3 is 2.72 bits per heavy atom. The summed E-state index contributed by atoms with van der Waals surface area (Å²) in [6.07, 6.45) is 0. The lowest BCUT2D eigenvalue weighted by Crippen LogP contribution is -2.12. The maximum Gasteiger partial charge on any atom is 0.292 e. The summed E-state index contributed by atoms with van der Waals surface area (Å²) >= 11 is 15.7. The van der Waals surface area contributed by atoms with E-state index in [0.717, 1.165) is 15.7 Å². The maximum atomic E-state index is 12.6.